The van der Waals surface area contributed by atoms with E-state index in [2.05, 4.69) is 15.2 Å². The van der Waals surface area contributed by atoms with Crippen molar-refractivity contribution in [3.8, 4) is 5.75 Å². The Hall–Kier alpha value is -2.68. The van der Waals surface area contributed by atoms with Crippen LogP contribution in [0.5, 0.6) is 5.75 Å². The van der Waals surface area contributed by atoms with Crippen molar-refractivity contribution in [2.75, 3.05) is 30.5 Å². The van der Waals surface area contributed by atoms with Gasteiger partial charge >= 0.3 is 5.69 Å². The second kappa shape index (κ2) is 5.16. The van der Waals surface area contributed by atoms with Gasteiger partial charge in [-0.1, -0.05) is 6.07 Å². The molecule has 1 spiro atoms. The van der Waals surface area contributed by atoms with Gasteiger partial charge in [0.2, 0.25) is 5.75 Å². The van der Waals surface area contributed by atoms with Gasteiger partial charge in [-0.2, -0.15) is 4.98 Å². The molecule has 0 bridgehead atoms. The van der Waals surface area contributed by atoms with Gasteiger partial charge in [0.25, 0.3) is 0 Å². The summed E-state index contributed by atoms with van der Waals surface area (Å²) in [5.41, 5.74) is 0.00227. The molecule has 1 N–H and O–H groups in total. The van der Waals surface area contributed by atoms with Crippen LogP contribution < -0.4 is 20.6 Å². The first-order valence-corrected chi connectivity index (χ1v) is 8.29. The number of morpholine rings is 1. The molecule has 3 aliphatic heterocycles. The minimum absolute atomic E-state index is 0.153. The average Bonchev–Trinajstić information content (AvgIpc) is 2.95. The number of fused-ring (bicyclic) bond motifs is 3. The van der Waals surface area contributed by atoms with Crippen LogP contribution in [0.3, 0.4) is 0 Å². The Morgan fingerprint density at radius 2 is 2.27 bits per heavy atom. The molecule has 0 radical (unpaired) electrons. The molecular weight excluding hydrogens is 346 g/mol. The van der Waals surface area contributed by atoms with Crippen molar-refractivity contribution in [2.45, 2.75) is 24.7 Å². The lowest BCUT2D eigenvalue weighted by Crippen LogP contribution is -2.29. The monoisotopic (exact) mass is 362 g/mol. The Labute approximate surface area is 147 Å². The molecule has 0 aliphatic carbocycles. The summed E-state index contributed by atoms with van der Waals surface area (Å²) < 4.78 is 39.1. The van der Waals surface area contributed by atoms with Crippen LogP contribution in [0.2, 0.25) is 0 Å². The van der Waals surface area contributed by atoms with Crippen LogP contribution in [0.4, 0.5) is 20.4 Å². The highest BCUT2D eigenvalue weighted by Crippen LogP contribution is 2.57. The number of rotatable bonds is 4. The topological polar surface area (TPSA) is 68.4 Å². The largest absolute Gasteiger partial charge is 0.490 e. The molecule has 5 rings (SSSR count). The van der Waals surface area contributed by atoms with E-state index >= 15 is 0 Å². The fourth-order valence-corrected chi connectivity index (χ4v) is 4.09. The SMILES string of the molecule is COc1c(NCc2ccc(F)c(F)c2)nc(=O)n2c1N1C3COC[C@]31C2. The number of halogens is 2. The van der Waals surface area contributed by atoms with Gasteiger partial charge in [0.05, 0.1) is 32.9 Å². The molecule has 1 aromatic heterocycles. The first-order chi connectivity index (χ1) is 12.5. The number of aromatic nitrogens is 2. The van der Waals surface area contributed by atoms with E-state index in [-0.39, 0.29) is 29.6 Å². The molecule has 1 unspecified atom stereocenters. The molecule has 2 fully saturated rings. The van der Waals surface area contributed by atoms with Crippen LogP contribution in [-0.2, 0) is 17.8 Å². The Bertz CT molecular complexity index is 979. The van der Waals surface area contributed by atoms with Gasteiger partial charge in [0.15, 0.2) is 23.3 Å². The lowest BCUT2D eigenvalue weighted by atomic mass is 10.1. The summed E-state index contributed by atoms with van der Waals surface area (Å²) in [6, 6.07) is 3.90. The van der Waals surface area contributed by atoms with E-state index in [0.717, 1.165) is 12.1 Å². The van der Waals surface area contributed by atoms with Crippen molar-refractivity contribution in [1.29, 1.82) is 0 Å². The zero-order chi connectivity index (χ0) is 18.1. The number of methoxy groups -OCH3 is 1. The Kier molecular flexibility index (Phi) is 3.09. The van der Waals surface area contributed by atoms with Crippen molar-refractivity contribution in [3.05, 3.63) is 45.9 Å². The molecule has 4 heterocycles. The highest BCUT2D eigenvalue weighted by molar-refractivity contribution is 5.74. The predicted octanol–water partition coefficient (Wildman–Crippen LogP) is 1.11. The molecule has 3 aliphatic rings. The predicted molar refractivity (Wildman–Crippen MR) is 88.6 cm³/mol. The van der Waals surface area contributed by atoms with E-state index in [1.54, 1.807) is 4.57 Å². The van der Waals surface area contributed by atoms with Crippen molar-refractivity contribution < 1.29 is 18.3 Å². The van der Waals surface area contributed by atoms with Crippen LogP contribution >= 0.6 is 0 Å². The first kappa shape index (κ1) is 15.6. The Morgan fingerprint density at radius 1 is 1.42 bits per heavy atom. The molecule has 0 saturated carbocycles. The summed E-state index contributed by atoms with van der Waals surface area (Å²) in [4.78, 5) is 18.7. The van der Waals surface area contributed by atoms with Gasteiger partial charge in [-0.3, -0.25) is 4.57 Å². The van der Waals surface area contributed by atoms with Crippen molar-refractivity contribution in [1.82, 2.24) is 9.55 Å². The molecule has 1 aromatic carbocycles. The second-order valence-electron chi connectivity index (χ2n) is 6.79. The lowest BCUT2D eigenvalue weighted by molar-refractivity contribution is 0.165. The summed E-state index contributed by atoms with van der Waals surface area (Å²) in [7, 11) is 1.52. The number of anilines is 2. The quantitative estimate of drug-likeness (QED) is 0.822. The van der Waals surface area contributed by atoms with Crippen LogP contribution in [-0.4, -0.2) is 41.5 Å². The zero-order valence-electron chi connectivity index (χ0n) is 14.0. The first-order valence-electron chi connectivity index (χ1n) is 8.29. The molecule has 7 nitrogen and oxygen atoms in total. The third-order valence-electron chi connectivity index (χ3n) is 5.39. The van der Waals surface area contributed by atoms with Crippen LogP contribution in [0, 0.1) is 11.6 Å². The number of hydrogen-bond donors (Lipinski definition) is 1. The second-order valence-corrected chi connectivity index (χ2v) is 6.79. The van der Waals surface area contributed by atoms with E-state index in [9.17, 15) is 13.6 Å². The maximum atomic E-state index is 13.4. The van der Waals surface area contributed by atoms with E-state index in [1.165, 1.54) is 13.2 Å². The molecule has 2 atom stereocenters. The van der Waals surface area contributed by atoms with E-state index in [1.807, 2.05) is 0 Å². The molecule has 2 aromatic rings. The van der Waals surface area contributed by atoms with Crippen LogP contribution in [0.15, 0.2) is 23.0 Å². The lowest BCUT2D eigenvalue weighted by Gasteiger charge is -2.17. The Balaban J connectivity index is 1.48. The highest BCUT2D eigenvalue weighted by atomic mass is 19.2. The number of ether oxygens (including phenoxy) is 2. The molecular formula is C17H16F2N4O3. The maximum Gasteiger partial charge on any atom is 0.351 e. The standard InChI is InChI=1S/C17H16F2N4O3/c1-25-13-14(20-5-9-2-3-10(18)11(19)4-9)21-16(24)22-7-17-8-26-6-12(17)23(17)15(13)22/h2-4,12H,5-8H2,1H3,(H,20,21,24)/t12?,17-,23?/m1/s1. The van der Waals surface area contributed by atoms with Gasteiger partial charge in [-0.05, 0) is 17.7 Å². The molecule has 9 heteroatoms. The van der Waals surface area contributed by atoms with Gasteiger partial charge in [0, 0.05) is 6.54 Å². The molecule has 0 amide bonds. The average molecular weight is 362 g/mol. The van der Waals surface area contributed by atoms with Crippen molar-refractivity contribution >= 4 is 11.6 Å². The van der Waals surface area contributed by atoms with E-state index < -0.39 is 11.6 Å². The summed E-state index contributed by atoms with van der Waals surface area (Å²) in [6.07, 6.45) is 0. The van der Waals surface area contributed by atoms with E-state index in [4.69, 9.17) is 9.47 Å². The summed E-state index contributed by atoms with van der Waals surface area (Å²) >= 11 is 0. The Morgan fingerprint density at radius 3 is 3.04 bits per heavy atom. The number of hydrogen-bond acceptors (Lipinski definition) is 6. The summed E-state index contributed by atoms with van der Waals surface area (Å²) in [5.74, 6) is -0.360. The third kappa shape index (κ3) is 1.94. The number of benzene rings is 1. The van der Waals surface area contributed by atoms with Gasteiger partial charge in [-0.25, -0.2) is 13.6 Å². The fraction of sp³-hybridized carbons (Fsp3) is 0.412. The van der Waals surface area contributed by atoms with Gasteiger partial charge in [-0.15, -0.1) is 0 Å². The fourth-order valence-electron chi connectivity index (χ4n) is 4.09. The maximum absolute atomic E-state index is 13.4. The van der Waals surface area contributed by atoms with Gasteiger partial charge in [0.1, 0.15) is 5.54 Å². The third-order valence-corrected chi connectivity index (χ3v) is 5.39. The van der Waals surface area contributed by atoms with Crippen LogP contribution in [0.1, 0.15) is 5.56 Å². The minimum atomic E-state index is -0.919. The summed E-state index contributed by atoms with van der Waals surface area (Å²) in [5, 5.41) is 3.00. The van der Waals surface area contributed by atoms with E-state index in [0.29, 0.717) is 36.9 Å². The molecule has 26 heavy (non-hydrogen) atoms. The number of nitrogens with zero attached hydrogens (tertiary/aromatic N) is 3. The normalized spacial score (nSPS) is 24.9. The van der Waals surface area contributed by atoms with Crippen molar-refractivity contribution in [2.24, 2.45) is 0 Å². The van der Waals surface area contributed by atoms with Crippen molar-refractivity contribution in [3.63, 3.8) is 0 Å². The summed E-state index contributed by atoms with van der Waals surface area (Å²) in [6.45, 7) is 1.94. The smallest absolute Gasteiger partial charge is 0.351 e. The number of nitrogens with one attached hydrogen (secondary N) is 1. The highest BCUT2D eigenvalue weighted by Gasteiger charge is 2.71. The molecule has 2 saturated heterocycles. The van der Waals surface area contributed by atoms with Crippen LogP contribution in [0.25, 0.3) is 0 Å². The minimum Gasteiger partial charge on any atom is -0.490 e. The zero-order valence-corrected chi connectivity index (χ0v) is 14.0. The molecule has 136 valence electrons. The van der Waals surface area contributed by atoms with Gasteiger partial charge < -0.3 is 19.7 Å².